The monoisotopic (exact) mass is 622 g/mol. The second-order valence-electron chi connectivity index (χ2n) is 11.1. The lowest BCUT2D eigenvalue weighted by Crippen LogP contribution is -2.56. The van der Waals surface area contributed by atoms with Gasteiger partial charge in [-0.3, -0.25) is 14.3 Å². The summed E-state index contributed by atoms with van der Waals surface area (Å²) >= 11 is 6.92. The maximum absolute atomic E-state index is 15.4. The van der Waals surface area contributed by atoms with E-state index in [0.29, 0.717) is 49.3 Å². The van der Waals surface area contributed by atoms with E-state index in [1.54, 1.807) is 22.9 Å². The van der Waals surface area contributed by atoms with Crippen molar-refractivity contribution in [3.63, 3.8) is 0 Å². The summed E-state index contributed by atoms with van der Waals surface area (Å²) in [6.07, 6.45) is 3.15. The van der Waals surface area contributed by atoms with Gasteiger partial charge in [-0.15, -0.1) is 0 Å². The molecule has 5 heterocycles. The molecule has 44 heavy (non-hydrogen) atoms. The minimum absolute atomic E-state index is 0.0145. The number of aliphatic hydroxyl groups is 1. The summed E-state index contributed by atoms with van der Waals surface area (Å²) in [5, 5.41) is 23.6. The number of rotatable bonds is 8. The van der Waals surface area contributed by atoms with Crippen LogP contribution in [0.3, 0.4) is 0 Å². The minimum Gasteiger partial charge on any atom is -0.488 e. The van der Waals surface area contributed by atoms with Gasteiger partial charge in [0.2, 0.25) is 5.91 Å². The van der Waals surface area contributed by atoms with Crippen molar-refractivity contribution in [1.29, 1.82) is 5.26 Å². The summed E-state index contributed by atoms with van der Waals surface area (Å²) in [7, 11) is 1.62. The van der Waals surface area contributed by atoms with Crippen LogP contribution in [0.2, 0.25) is 5.02 Å². The number of ether oxygens (including phenoxy) is 1. The standard InChI is InChI=1S/C30H32ClFN8O4/c1-3-22(41)39-12-11-38(14-17(39)6-8-33)29-19-13-20(31)24(25-21(32)7-9-35-28(25)34-2)27-26(19)40(30(43)36-29)18(16-44-27)15-37-10-4-5-23(37)42/h3,7,9,13,17-18,22,41H,1,4-6,10-12,14-16H2,2H3,(H,34,35)/t17-,18?,22?/m0/s1. The van der Waals surface area contributed by atoms with Crippen LogP contribution in [0.25, 0.3) is 22.0 Å². The Kier molecular flexibility index (Phi) is 8.15. The fourth-order valence-electron chi connectivity index (χ4n) is 6.52. The number of anilines is 2. The number of halogens is 2. The predicted molar refractivity (Wildman–Crippen MR) is 163 cm³/mol. The highest BCUT2D eigenvalue weighted by molar-refractivity contribution is 6.35. The molecular formula is C30H32ClFN8O4. The van der Waals surface area contributed by atoms with Crippen LogP contribution in [-0.2, 0) is 4.79 Å². The number of carbonyl (C=O) groups is 1. The van der Waals surface area contributed by atoms with E-state index in [1.165, 1.54) is 22.9 Å². The Morgan fingerprint density at radius 3 is 2.84 bits per heavy atom. The molecule has 230 valence electrons. The Balaban J connectivity index is 1.56. The zero-order valence-corrected chi connectivity index (χ0v) is 24.9. The molecule has 12 nitrogen and oxygen atoms in total. The summed E-state index contributed by atoms with van der Waals surface area (Å²) < 4.78 is 23.3. The van der Waals surface area contributed by atoms with Gasteiger partial charge in [0.15, 0.2) is 5.75 Å². The summed E-state index contributed by atoms with van der Waals surface area (Å²) in [6.45, 7) is 5.63. The zero-order chi connectivity index (χ0) is 31.1. The Labute approximate surface area is 257 Å². The second kappa shape index (κ2) is 12.0. The molecule has 2 aromatic heterocycles. The van der Waals surface area contributed by atoms with Crippen molar-refractivity contribution in [2.75, 3.05) is 56.6 Å². The Morgan fingerprint density at radius 2 is 2.14 bits per heavy atom. The summed E-state index contributed by atoms with van der Waals surface area (Å²) in [4.78, 5) is 40.6. The van der Waals surface area contributed by atoms with Crippen molar-refractivity contribution < 1.29 is 19.0 Å². The van der Waals surface area contributed by atoms with E-state index in [4.69, 9.17) is 16.3 Å². The Morgan fingerprint density at radius 1 is 1.32 bits per heavy atom. The number of piperazine rings is 1. The molecule has 3 aliphatic rings. The van der Waals surface area contributed by atoms with Gasteiger partial charge in [-0.05, 0) is 24.6 Å². The molecule has 3 aromatic rings. The molecule has 2 fully saturated rings. The number of nitriles is 1. The SMILES string of the molecule is C=CC(O)N1CCN(c2nc(=O)n3c4c(c(-c5c(F)ccnc5NC)c(Cl)cc24)OCC3CN2CCCC2=O)C[C@@H]1CC#N. The molecule has 2 N–H and O–H groups in total. The van der Waals surface area contributed by atoms with Crippen LogP contribution < -0.4 is 20.6 Å². The molecule has 0 spiro atoms. The molecule has 3 aliphatic heterocycles. The van der Waals surface area contributed by atoms with Crippen LogP contribution in [0.1, 0.15) is 25.3 Å². The molecule has 0 saturated carbocycles. The lowest BCUT2D eigenvalue weighted by atomic mass is 9.99. The van der Waals surface area contributed by atoms with Gasteiger partial charge in [0.25, 0.3) is 0 Å². The average molecular weight is 623 g/mol. The number of nitrogens with one attached hydrogen (secondary N) is 1. The van der Waals surface area contributed by atoms with Crippen molar-refractivity contribution in [2.24, 2.45) is 0 Å². The van der Waals surface area contributed by atoms with Crippen LogP contribution in [-0.4, -0.2) is 94.0 Å². The van der Waals surface area contributed by atoms with E-state index in [2.05, 4.69) is 27.9 Å². The third-order valence-corrected chi connectivity index (χ3v) is 8.87. The molecule has 2 unspecified atom stereocenters. The van der Waals surface area contributed by atoms with E-state index in [0.717, 1.165) is 6.42 Å². The number of aromatic nitrogens is 3. The third kappa shape index (κ3) is 5.02. The fourth-order valence-corrected chi connectivity index (χ4v) is 6.81. The second-order valence-corrected chi connectivity index (χ2v) is 11.5. The van der Waals surface area contributed by atoms with Crippen molar-refractivity contribution in [3.8, 4) is 22.9 Å². The predicted octanol–water partition coefficient (Wildman–Crippen LogP) is 2.76. The molecule has 6 rings (SSSR count). The van der Waals surface area contributed by atoms with Gasteiger partial charge in [0, 0.05) is 63.8 Å². The maximum atomic E-state index is 15.4. The van der Waals surface area contributed by atoms with E-state index >= 15 is 4.39 Å². The molecule has 0 aliphatic carbocycles. The smallest absolute Gasteiger partial charge is 0.350 e. The van der Waals surface area contributed by atoms with E-state index in [1.807, 2.05) is 4.90 Å². The average Bonchev–Trinajstić information content (AvgIpc) is 3.43. The number of hydrogen-bond donors (Lipinski definition) is 2. The maximum Gasteiger partial charge on any atom is 0.350 e. The van der Waals surface area contributed by atoms with Crippen LogP contribution >= 0.6 is 11.6 Å². The number of likely N-dealkylation sites (tertiary alicyclic amines) is 1. The van der Waals surface area contributed by atoms with Gasteiger partial charge in [-0.1, -0.05) is 18.2 Å². The first kappa shape index (κ1) is 29.8. The summed E-state index contributed by atoms with van der Waals surface area (Å²) in [5.74, 6) is 0.245. The quantitative estimate of drug-likeness (QED) is 0.361. The third-order valence-electron chi connectivity index (χ3n) is 8.58. The van der Waals surface area contributed by atoms with Gasteiger partial charge in [0.1, 0.15) is 30.3 Å². The first-order valence-corrected chi connectivity index (χ1v) is 14.8. The Hall–Kier alpha value is -4.25. The summed E-state index contributed by atoms with van der Waals surface area (Å²) in [5.41, 5.74) is 0.186. The lowest BCUT2D eigenvalue weighted by Gasteiger charge is -2.43. The topological polar surface area (TPSA) is 140 Å². The van der Waals surface area contributed by atoms with Gasteiger partial charge in [-0.2, -0.15) is 10.2 Å². The lowest BCUT2D eigenvalue weighted by molar-refractivity contribution is -0.128. The first-order valence-electron chi connectivity index (χ1n) is 14.5. The number of hydrogen-bond acceptors (Lipinski definition) is 10. The van der Waals surface area contributed by atoms with Crippen molar-refractivity contribution in [2.45, 2.75) is 37.6 Å². The number of carbonyl (C=O) groups excluding carboxylic acids is 1. The van der Waals surface area contributed by atoms with Gasteiger partial charge < -0.3 is 25.0 Å². The fraction of sp³-hybridized carbons (Fsp3) is 0.433. The zero-order valence-electron chi connectivity index (χ0n) is 24.2. The van der Waals surface area contributed by atoms with Crippen LogP contribution in [0.15, 0.2) is 35.8 Å². The number of pyridine rings is 1. The number of amides is 1. The van der Waals surface area contributed by atoms with Gasteiger partial charge in [0.05, 0.1) is 40.2 Å². The molecular weight excluding hydrogens is 591 g/mol. The highest BCUT2D eigenvalue weighted by atomic mass is 35.5. The molecule has 1 aromatic carbocycles. The van der Waals surface area contributed by atoms with Gasteiger partial charge >= 0.3 is 5.69 Å². The highest BCUT2D eigenvalue weighted by Gasteiger charge is 2.37. The van der Waals surface area contributed by atoms with E-state index in [-0.39, 0.29) is 59.2 Å². The van der Waals surface area contributed by atoms with Crippen LogP contribution in [0.5, 0.6) is 5.75 Å². The van der Waals surface area contributed by atoms with Crippen molar-refractivity contribution in [1.82, 2.24) is 24.3 Å². The highest BCUT2D eigenvalue weighted by Crippen LogP contribution is 2.48. The van der Waals surface area contributed by atoms with Crippen molar-refractivity contribution >= 4 is 40.0 Å². The van der Waals surface area contributed by atoms with Gasteiger partial charge in [-0.25, -0.2) is 14.2 Å². The number of nitrogens with zero attached hydrogens (tertiary/aromatic N) is 7. The number of aliphatic hydroxyl groups excluding tert-OH is 1. The molecule has 14 heteroatoms. The molecule has 3 atom stereocenters. The summed E-state index contributed by atoms with van der Waals surface area (Å²) in [6, 6.07) is 4.15. The molecule has 0 bridgehead atoms. The van der Waals surface area contributed by atoms with Crippen LogP contribution in [0, 0.1) is 17.1 Å². The van der Waals surface area contributed by atoms with E-state index in [9.17, 15) is 20.0 Å². The molecule has 0 radical (unpaired) electrons. The van der Waals surface area contributed by atoms with Crippen molar-refractivity contribution in [3.05, 3.63) is 52.3 Å². The van der Waals surface area contributed by atoms with Crippen LogP contribution in [0.4, 0.5) is 16.0 Å². The molecule has 2 saturated heterocycles. The minimum atomic E-state index is -0.930. The largest absolute Gasteiger partial charge is 0.488 e. The normalized spacial score (nSPS) is 20.8. The molecule has 1 amide bonds. The number of benzene rings is 1. The van der Waals surface area contributed by atoms with E-state index < -0.39 is 23.8 Å². The Bertz CT molecular complexity index is 1740. The first-order chi connectivity index (χ1) is 21.3.